The first kappa shape index (κ1) is 11.8. The van der Waals surface area contributed by atoms with Crippen molar-refractivity contribution in [1.29, 1.82) is 0 Å². The lowest BCUT2D eigenvalue weighted by molar-refractivity contribution is 0.141. The number of benzene rings is 1. The maximum Gasteiger partial charge on any atom is 0.148 e. The van der Waals surface area contributed by atoms with Gasteiger partial charge in [0.1, 0.15) is 5.82 Å². The summed E-state index contributed by atoms with van der Waals surface area (Å²) in [5.41, 5.74) is 6.35. The van der Waals surface area contributed by atoms with Crippen molar-refractivity contribution in [3.05, 3.63) is 24.0 Å². The molecule has 84 valence electrons. The molecule has 0 aliphatic carbocycles. The first-order valence-corrected chi connectivity index (χ1v) is 5.03. The molecule has 0 aliphatic heterocycles. The van der Waals surface area contributed by atoms with Gasteiger partial charge in [-0.1, -0.05) is 6.07 Å². The maximum absolute atomic E-state index is 13.1. The molecule has 0 fully saturated rings. The molecule has 3 nitrogen and oxygen atoms in total. The standard InChI is InChI=1S/C11H17FN2O/c1-3-15-7-8(2)14-10-6-4-5-9(12)11(10)13/h4-6,8,14H,3,7,13H2,1-2H3. The molecule has 0 bridgehead atoms. The van der Waals surface area contributed by atoms with Gasteiger partial charge in [0, 0.05) is 12.6 Å². The molecule has 1 aromatic rings. The number of nitrogens with two attached hydrogens (primary N) is 1. The fourth-order valence-corrected chi connectivity index (χ4v) is 1.26. The van der Waals surface area contributed by atoms with Crippen molar-refractivity contribution in [2.75, 3.05) is 24.3 Å². The highest BCUT2D eigenvalue weighted by Crippen LogP contribution is 2.21. The van der Waals surface area contributed by atoms with E-state index < -0.39 is 5.82 Å². The predicted molar refractivity (Wildman–Crippen MR) is 60.4 cm³/mol. The molecule has 1 rings (SSSR count). The van der Waals surface area contributed by atoms with E-state index in [0.717, 1.165) is 0 Å². The number of hydrogen-bond acceptors (Lipinski definition) is 3. The van der Waals surface area contributed by atoms with Gasteiger partial charge in [0.05, 0.1) is 18.0 Å². The van der Waals surface area contributed by atoms with Crippen LogP contribution in [0.4, 0.5) is 15.8 Å². The van der Waals surface area contributed by atoms with Crippen molar-refractivity contribution < 1.29 is 9.13 Å². The lowest BCUT2D eigenvalue weighted by Crippen LogP contribution is -2.22. The molecule has 4 heteroatoms. The third-order valence-corrected chi connectivity index (χ3v) is 2.03. The van der Waals surface area contributed by atoms with Crippen LogP contribution in [0.25, 0.3) is 0 Å². The van der Waals surface area contributed by atoms with Crippen molar-refractivity contribution >= 4 is 11.4 Å². The van der Waals surface area contributed by atoms with Gasteiger partial charge in [-0.25, -0.2) is 4.39 Å². The van der Waals surface area contributed by atoms with E-state index >= 15 is 0 Å². The van der Waals surface area contributed by atoms with Gasteiger partial charge in [-0.2, -0.15) is 0 Å². The van der Waals surface area contributed by atoms with Gasteiger partial charge < -0.3 is 15.8 Å². The molecule has 1 aromatic carbocycles. The molecule has 1 unspecified atom stereocenters. The topological polar surface area (TPSA) is 47.3 Å². The highest BCUT2D eigenvalue weighted by molar-refractivity contribution is 5.66. The number of ether oxygens (including phenoxy) is 1. The predicted octanol–water partition coefficient (Wildman–Crippen LogP) is 2.24. The fourth-order valence-electron chi connectivity index (χ4n) is 1.26. The van der Waals surface area contributed by atoms with E-state index in [1.165, 1.54) is 6.07 Å². The monoisotopic (exact) mass is 212 g/mol. The van der Waals surface area contributed by atoms with Crippen molar-refractivity contribution in [2.24, 2.45) is 0 Å². The molecule has 0 radical (unpaired) electrons. The summed E-state index contributed by atoms with van der Waals surface area (Å²) >= 11 is 0. The highest BCUT2D eigenvalue weighted by Gasteiger charge is 2.07. The van der Waals surface area contributed by atoms with Crippen LogP contribution < -0.4 is 11.1 Å². The van der Waals surface area contributed by atoms with Gasteiger partial charge in [0.25, 0.3) is 0 Å². The molecular weight excluding hydrogens is 195 g/mol. The number of para-hydroxylation sites is 1. The fraction of sp³-hybridized carbons (Fsp3) is 0.455. The molecule has 0 aromatic heterocycles. The zero-order chi connectivity index (χ0) is 11.3. The third-order valence-electron chi connectivity index (χ3n) is 2.03. The lowest BCUT2D eigenvalue weighted by Gasteiger charge is -2.16. The van der Waals surface area contributed by atoms with E-state index in [9.17, 15) is 4.39 Å². The second kappa shape index (κ2) is 5.56. The van der Waals surface area contributed by atoms with Gasteiger partial charge in [-0.3, -0.25) is 0 Å². The summed E-state index contributed by atoms with van der Waals surface area (Å²) in [6.07, 6.45) is 0. The van der Waals surface area contributed by atoms with Crippen LogP contribution in [0, 0.1) is 5.82 Å². The average molecular weight is 212 g/mol. The van der Waals surface area contributed by atoms with E-state index in [1.807, 2.05) is 13.8 Å². The van der Waals surface area contributed by atoms with Gasteiger partial charge in [0.2, 0.25) is 0 Å². The van der Waals surface area contributed by atoms with Crippen molar-refractivity contribution in [3.8, 4) is 0 Å². The lowest BCUT2D eigenvalue weighted by atomic mass is 10.2. The number of anilines is 2. The Morgan fingerprint density at radius 2 is 2.27 bits per heavy atom. The van der Waals surface area contributed by atoms with Gasteiger partial charge in [-0.15, -0.1) is 0 Å². The van der Waals surface area contributed by atoms with Crippen LogP contribution in [0.2, 0.25) is 0 Å². The average Bonchev–Trinajstić information content (AvgIpc) is 2.22. The summed E-state index contributed by atoms with van der Waals surface area (Å²) in [6.45, 7) is 5.14. The summed E-state index contributed by atoms with van der Waals surface area (Å²) in [7, 11) is 0. The molecular formula is C11H17FN2O. The first-order chi connectivity index (χ1) is 7.15. The minimum atomic E-state index is -0.399. The summed E-state index contributed by atoms with van der Waals surface area (Å²) < 4.78 is 18.3. The Labute approximate surface area is 89.4 Å². The van der Waals surface area contributed by atoms with Crippen LogP contribution >= 0.6 is 0 Å². The summed E-state index contributed by atoms with van der Waals surface area (Å²) in [5.74, 6) is -0.399. The normalized spacial score (nSPS) is 12.5. The maximum atomic E-state index is 13.1. The molecule has 15 heavy (non-hydrogen) atoms. The van der Waals surface area contributed by atoms with Crippen LogP contribution in [0.15, 0.2) is 18.2 Å². The van der Waals surface area contributed by atoms with Gasteiger partial charge >= 0.3 is 0 Å². The van der Waals surface area contributed by atoms with Crippen molar-refractivity contribution in [2.45, 2.75) is 19.9 Å². The summed E-state index contributed by atoms with van der Waals surface area (Å²) in [6, 6.07) is 4.82. The van der Waals surface area contributed by atoms with E-state index in [1.54, 1.807) is 12.1 Å². The Balaban J connectivity index is 2.60. The van der Waals surface area contributed by atoms with Crippen LogP contribution in [-0.2, 0) is 4.74 Å². The second-order valence-electron chi connectivity index (χ2n) is 3.41. The minimum absolute atomic E-state index is 0.106. The van der Waals surface area contributed by atoms with Crippen molar-refractivity contribution in [1.82, 2.24) is 0 Å². The quantitative estimate of drug-likeness (QED) is 0.736. The third kappa shape index (κ3) is 3.40. The molecule has 0 heterocycles. The summed E-state index contributed by atoms with van der Waals surface area (Å²) in [4.78, 5) is 0. The van der Waals surface area contributed by atoms with E-state index in [-0.39, 0.29) is 11.7 Å². The highest BCUT2D eigenvalue weighted by atomic mass is 19.1. The Bertz CT molecular complexity index is 317. The molecule has 3 N–H and O–H groups in total. The number of hydrogen-bond donors (Lipinski definition) is 2. The van der Waals surface area contributed by atoms with Crippen molar-refractivity contribution in [3.63, 3.8) is 0 Å². The molecule has 0 saturated carbocycles. The Morgan fingerprint density at radius 3 is 2.93 bits per heavy atom. The Morgan fingerprint density at radius 1 is 1.53 bits per heavy atom. The number of nitrogens with one attached hydrogen (secondary N) is 1. The van der Waals surface area contributed by atoms with E-state index in [2.05, 4.69) is 5.32 Å². The molecule has 0 amide bonds. The zero-order valence-electron chi connectivity index (χ0n) is 9.09. The Kier molecular flexibility index (Phi) is 4.37. The Hall–Kier alpha value is -1.29. The molecule has 0 saturated heterocycles. The molecule has 1 atom stereocenters. The number of rotatable bonds is 5. The smallest absolute Gasteiger partial charge is 0.148 e. The van der Waals surface area contributed by atoms with Crippen LogP contribution in [-0.4, -0.2) is 19.3 Å². The van der Waals surface area contributed by atoms with E-state index in [4.69, 9.17) is 10.5 Å². The first-order valence-electron chi connectivity index (χ1n) is 5.03. The van der Waals surface area contributed by atoms with E-state index in [0.29, 0.717) is 18.9 Å². The van der Waals surface area contributed by atoms with Crippen LogP contribution in [0.5, 0.6) is 0 Å². The number of nitrogen functional groups attached to an aromatic ring is 1. The summed E-state index contributed by atoms with van der Waals surface area (Å²) in [5, 5.41) is 3.10. The molecule has 0 spiro atoms. The molecule has 0 aliphatic rings. The largest absolute Gasteiger partial charge is 0.395 e. The van der Waals surface area contributed by atoms with Crippen LogP contribution in [0.3, 0.4) is 0 Å². The van der Waals surface area contributed by atoms with Gasteiger partial charge in [0.15, 0.2) is 0 Å². The SMILES string of the molecule is CCOCC(C)Nc1cccc(F)c1N. The minimum Gasteiger partial charge on any atom is -0.395 e. The van der Waals surface area contributed by atoms with Gasteiger partial charge in [-0.05, 0) is 26.0 Å². The second-order valence-corrected chi connectivity index (χ2v) is 3.41. The van der Waals surface area contributed by atoms with Crippen LogP contribution in [0.1, 0.15) is 13.8 Å². The number of halogens is 1. The zero-order valence-corrected chi connectivity index (χ0v) is 9.09.